The molecule has 0 saturated heterocycles. The summed E-state index contributed by atoms with van der Waals surface area (Å²) in [5.41, 5.74) is 1.65. The molecule has 1 atom stereocenters. The topological polar surface area (TPSA) is 75.6 Å². The van der Waals surface area contributed by atoms with Crippen molar-refractivity contribution in [3.05, 3.63) is 28.8 Å². The van der Waals surface area contributed by atoms with Gasteiger partial charge in [0.2, 0.25) is 5.95 Å². The molecule has 0 spiro atoms. The molecule has 0 radical (unpaired) electrons. The van der Waals surface area contributed by atoms with Gasteiger partial charge in [-0.15, -0.1) is 0 Å². The van der Waals surface area contributed by atoms with E-state index >= 15 is 0 Å². The highest BCUT2D eigenvalue weighted by molar-refractivity contribution is 5.71. The molecule has 0 aromatic carbocycles. The number of fused-ring (bicyclic) bond motifs is 1. The van der Waals surface area contributed by atoms with Crippen molar-refractivity contribution >= 4 is 17.1 Å². The fourth-order valence-corrected chi connectivity index (χ4v) is 1.57. The van der Waals surface area contributed by atoms with E-state index in [9.17, 15) is 4.79 Å². The van der Waals surface area contributed by atoms with Gasteiger partial charge >= 0.3 is 0 Å². The highest BCUT2D eigenvalue weighted by Gasteiger charge is 2.14. The van der Waals surface area contributed by atoms with E-state index in [0.29, 0.717) is 17.1 Å². The molecule has 0 aliphatic rings. The Morgan fingerprint density at radius 1 is 1.65 bits per heavy atom. The van der Waals surface area contributed by atoms with Crippen LogP contribution in [0.3, 0.4) is 0 Å². The molecule has 2 aromatic rings. The number of hydrogen-bond acceptors (Lipinski definition) is 4. The van der Waals surface area contributed by atoms with Crippen molar-refractivity contribution in [3.8, 4) is 0 Å². The number of nitrogens with one attached hydrogen (secondary N) is 2. The molecule has 90 valence electrons. The summed E-state index contributed by atoms with van der Waals surface area (Å²) in [7, 11) is 1.70. The molecule has 17 heavy (non-hydrogen) atoms. The van der Waals surface area contributed by atoms with Crippen LogP contribution in [0.5, 0.6) is 0 Å². The highest BCUT2D eigenvalue weighted by Crippen LogP contribution is 2.19. The minimum absolute atomic E-state index is 0.0546. The van der Waals surface area contributed by atoms with E-state index in [1.807, 2.05) is 18.4 Å². The number of allylic oxidation sites excluding steroid dienone is 1. The van der Waals surface area contributed by atoms with E-state index in [1.165, 1.54) is 0 Å². The normalized spacial score (nSPS) is 12.6. The Balaban J connectivity index is 2.71. The molecule has 0 bridgehead atoms. The number of anilines is 1. The van der Waals surface area contributed by atoms with Crippen LogP contribution in [0.25, 0.3) is 11.2 Å². The SMILES string of the molecule is C=C(C)C(C)n1cnc2c(=O)[nH]c(NC)nc21. The number of H-pyrrole nitrogens is 1. The van der Waals surface area contributed by atoms with Crippen LogP contribution in [-0.4, -0.2) is 26.6 Å². The summed E-state index contributed by atoms with van der Waals surface area (Å²) in [4.78, 5) is 22.7. The molecule has 2 rings (SSSR count). The Morgan fingerprint density at radius 3 is 2.94 bits per heavy atom. The highest BCUT2D eigenvalue weighted by atomic mass is 16.1. The predicted molar refractivity (Wildman–Crippen MR) is 67.2 cm³/mol. The van der Waals surface area contributed by atoms with Crippen LogP contribution in [-0.2, 0) is 0 Å². The second-order valence-corrected chi connectivity index (χ2v) is 4.01. The molecule has 6 heteroatoms. The molecular weight excluding hydrogens is 218 g/mol. The zero-order valence-corrected chi connectivity index (χ0v) is 10.1. The van der Waals surface area contributed by atoms with Crippen molar-refractivity contribution in [2.75, 3.05) is 12.4 Å². The first-order valence-electron chi connectivity index (χ1n) is 5.34. The van der Waals surface area contributed by atoms with Crippen molar-refractivity contribution in [2.45, 2.75) is 19.9 Å². The maximum absolute atomic E-state index is 11.7. The maximum atomic E-state index is 11.7. The van der Waals surface area contributed by atoms with Gasteiger partial charge in [-0.1, -0.05) is 12.2 Å². The number of imidazole rings is 1. The number of hydrogen-bond donors (Lipinski definition) is 2. The van der Waals surface area contributed by atoms with Gasteiger partial charge < -0.3 is 9.88 Å². The van der Waals surface area contributed by atoms with Gasteiger partial charge in [-0.3, -0.25) is 9.78 Å². The molecule has 1 unspecified atom stereocenters. The zero-order valence-electron chi connectivity index (χ0n) is 10.1. The van der Waals surface area contributed by atoms with Crippen LogP contribution < -0.4 is 10.9 Å². The van der Waals surface area contributed by atoms with Gasteiger partial charge in [0, 0.05) is 7.05 Å². The van der Waals surface area contributed by atoms with Crippen LogP contribution in [0.1, 0.15) is 19.9 Å². The van der Waals surface area contributed by atoms with Crippen LogP contribution >= 0.6 is 0 Å². The summed E-state index contributed by atoms with van der Waals surface area (Å²) in [6, 6.07) is 0.0546. The van der Waals surface area contributed by atoms with Crippen molar-refractivity contribution in [1.29, 1.82) is 0 Å². The predicted octanol–water partition coefficient (Wildman–Crippen LogP) is 1.30. The van der Waals surface area contributed by atoms with Crippen molar-refractivity contribution in [1.82, 2.24) is 19.5 Å². The minimum atomic E-state index is -0.244. The second kappa shape index (κ2) is 4.04. The first-order valence-corrected chi connectivity index (χ1v) is 5.34. The lowest BCUT2D eigenvalue weighted by Crippen LogP contribution is -2.13. The van der Waals surface area contributed by atoms with Crippen molar-refractivity contribution < 1.29 is 0 Å². The third kappa shape index (κ3) is 1.82. The Kier molecular flexibility index (Phi) is 2.71. The van der Waals surface area contributed by atoms with Gasteiger partial charge in [0.1, 0.15) is 0 Å². The first kappa shape index (κ1) is 11.4. The standard InChI is InChI=1S/C11H15N5O/c1-6(2)7(3)16-5-13-8-9(16)14-11(12-4)15-10(8)17/h5,7H,1H2,2-4H3,(H2,12,14,15,17). The molecule has 2 heterocycles. The number of nitrogens with zero attached hydrogens (tertiary/aromatic N) is 3. The summed E-state index contributed by atoms with van der Waals surface area (Å²) < 4.78 is 1.84. The quantitative estimate of drug-likeness (QED) is 0.783. The Morgan fingerprint density at radius 2 is 2.35 bits per heavy atom. The summed E-state index contributed by atoms with van der Waals surface area (Å²) >= 11 is 0. The van der Waals surface area contributed by atoms with Crippen LogP contribution in [0.15, 0.2) is 23.3 Å². The van der Waals surface area contributed by atoms with Crippen LogP contribution in [0.2, 0.25) is 0 Å². The van der Waals surface area contributed by atoms with Gasteiger partial charge in [-0.2, -0.15) is 4.98 Å². The van der Waals surface area contributed by atoms with Crippen molar-refractivity contribution in [2.24, 2.45) is 0 Å². The fraction of sp³-hybridized carbons (Fsp3) is 0.364. The van der Waals surface area contributed by atoms with Crippen LogP contribution in [0.4, 0.5) is 5.95 Å². The summed E-state index contributed by atoms with van der Waals surface area (Å²) in [6.45, 7) is 7.83. The number of aromatic amines is 1. The van der Waals surface area contributed by atoms with E-state index < -0.39 is 0 Å². The largest absolute Gasteiger partial charge is 0.359 e. The van der Waals surface area contributed by atoms with Gasteiger partial charge in [0.25, 0.3) is 5.56 Å². The molecule has 0 aliphatic carbocycles. The average molecular weight is 233 g/mol. The van der Waals surface area contributed by atoms with E-state index in [0.717, 1.165) is 5.57 Å². The fourth-order valence-electron chi connectivity index (χ4n) is 1.57. The lowest BCUT2D eigenvalue weighted by atomic mass is 10.2. The molecule has 0 amide bonds. The summed E-state index contributed by atoms with van der Waals surface area (Å²) in [6.07, 6.45) is 1.62. The second-order valence-electron chi connectivity index (χ2n) is 4.01. The number of rotatable bonds is 3. The first-order chi connectivity index (χ1) is 8.04. The van der Waals surface area contributed by atoms with Gasteiger partial charge in [0.15, 0.2) is 11.2 Å². The summed E-state index contributed by atoms with van der Waals surface area (Å²) in [5, 5.41) is 2.81. The van der Waals surface area contributed by atoms with Gasteiger partial charge in [-0.25, -0.2) is 4.98 Å². The smallest absolute Gasteiger partial charge is 0.280 e. The Hall–Kier alpha value is -2.11. The molecular formula is C11H15N5O. The monoisotopic (exact) mass is 233 g/mol. The Labute approximate surface area is 98.4 Å². The third-order valence-electron chi connectivity index (χ3n) is 2.80. The van der Waals surface area contributed by atoms with Crippen molar-refractivity contribution in [3.63, 3.8) is 0 Å². The lowest BCUT2D eigenvalue weighted by molar-refractivity contribution is 0.641. The lowest BCUT2D eigenvalue weighted by Gasteiger charge is -2.13. The number of aromatic nitrogens is 4. The Bertz CT molecular complexity index is 624. The average Bonchev–Trinajstić information content (AvgIpc) is 2.71. The summed E-state index contributed by atoms with van der Waals surface area (Å²) in [5.74, 6) is 0.429. The molecule has 0 aliphatic heterocycles. The van der Waals surface area contributed by atoms with Gasteiger partial charge in [-0.05, 0) is 13.8 Å². The molecule has 2 N–H and O–H groups in total. The third-order valence-corrected chi connectivity index (χ3v) is 2.80. The van der Waals surface area contributed by atoms with E-state index in [2.05, 4.69) is 26.8 Å². The molecule has 0 fully saturated rings. The molecule has 6 nitrogen and oxygen atoms in total. The molecule has 2 aromatic heterocycles. The van der Waals surface area contributed by atoms with Gasteiger partial charge in [0.05, 0.1) is 12.4 Å². The minimum Gasteiger partial charge on any atom is -0.359 e. The van der Waals surface area contributed by atoms with Crippen LogP contribution in [0, 0.1) is 0 Å². The van der Waals surface area contributed by atoms with E-state index in [4.69, 9.17) is 0 Å². The molecule has 0 saturated carbocycles. The zero-order chi connectivity index (χ0) is 12.6. The maximum Gasteiger partial charge on any atom is 0.280 e. The van der Waals surface area contributed by atoms with E-state index in [1.54, 1.807) is 13.4 Å². The van der Waals surface area contributed by atoms with E-state index in [-0.39, 0.29) is 11.6 Å².